The van der Waals surface area contributed by atoms with Crippen LogP contribution in [0.2, 0.25) is 5.02 Å². The van der Waals surface area contributed by atoms with Gasteiger partial charge in [0.15, 0.2) is 17.3 Å². The number of furan rings is 1. The molecule has 0 aliphatic carbocycles. The maximum absolute atomic E-state index is 11.9. The Morgan fingerprint density at radius 2 is 2.05 bits per heavy atom. The molecular formula is C15H16ClNO4. The first kappa shape index (κ1) is 15.3. The Hall–Kier alpha value is -2.14. The minimum Gasteiger partial charge on any atom is -0.490 e. The van der Waals surface area contributed by atoms with Gasteiger partial charge in [-0.3, -0.25) is 4.79 Å². The van der Waals surface area contributed by atoms with Gasteiger partial charge in [0, 0.05) is 11.8 Å². The summed E-state index contributed by atoms with van der Waals surface area (Å²) in [5.74, 6) is 0.819. The quantitative estimate of drug-likeness (QED) is 0.876. The Morgan fingerprint density at radius 1 is 1.29 bits per heavy atom. The number of hydrogen-bond donors (Lipinski definition) is 1. The van der Waals surface area contributed by atoms with Gasteiger partial charge < -0.3 is 19.2 Å². The third-order valence-corrected chi connectivity index (χ3v) is 2.88. The van der Waals surface area contributed by atoms with Crippen molar-refractivity contribution in [3.05, 3.63) is 41.3 Å². The van der Waals surface area contributed by atoms with Crippen molar-refractivity contribution in [2.24, 2.45) is 0 Å². The van der Waals surface area contributed by atoms with E-state index < -0.39 is 0 Å². The van der Waals surface area contributed by atoms with E-state index in [4.69, 9.17) is 25.5 Å². The fourth-order valence-electron chi connectivity index (χ4n) is 1.79. The monoisotopic (exact) mass is 309 g/mol. The van der Waals surface area contributed by atoms with Gasteiger partial charge in [-0.2, -0.15) is 0 Å². The summed E-state index contributed by atoms with van der Waals surface area (Å²) in [5.41, 5.74) is 0.508. The second-order valence-corrected chi connectivity index (χ2v) is 4.49. The number of halogens is 1. The summed E-state index contributed by atoms with van der Waals surface area (Å²) < 4.78 is 16.0. The topological polar surface area (TPSA) is 60.7 Å². The molecule has 21 heavy (non-hydrogen) atoms. The molecule has 5 nitrogen and oxygen atoms in total. The molecule has 0 saturated carbocycles. The van der Waals surface area contributed by atoms with Gasteiger partial charge in [-0.25, -0.2) is 0 Å². The molecule has 2 rings (SSSR count). The zero-order chi connectivity index (χ0) is 15.2. The van der Waals surface area contributed by atoms with Crippen LogP contribution in [-0.4, -0.2) is 19.1 Å². The second kappa shape index (κ2) is 7.04. The van der Waals surface area contributed by atoms with Gasteiger partial charge >= 0.3 is 0 Å². The second-order valence-electron chi connectivity index (χ2n) is 4.08. The Balaban J connectivity index is 2.26. The fraction of sp³-hybridized carbons (Fsp3) is 0.267. The van der Waals surface area contributed by atoms with Gasteiger partial charge in [-0.1, -0.05) is 11.6 Å². The molecule has 0 aliphatic rings. The molecule has 6 heteroatoms. The van der Waals surface area contributed by atoms with Crippen LogP contribution in [0.1, 0.15) is 24.4 Å². The number of ether oxygens (including phenoxy) is 2. The lowest BCUT2D eigenvalue weighted by Crippen LogP contribution is -2.11. The molecule has 0 bridgehead atoms. The van der Waals surface area contributed by atoms with Crippen LogP contribution in [-0.2, 0) is 0 Å². The maximum Gasteiger partial charge on any atom is 0.291 e. The average Bonchev–Trinajstić information content (AvgIpc) is 2.97. The molecule has 2 aromatic rings. The minimum atomic E-state index is -0.359. The van der Waals surface area contributed by atoms with Crippen molar-refractivity contribution in [3.63, 3.8) is 0 Å². The van der Waals surface area contributed by atoms with Crippen molar-refractivity contribution >= 4 is 23.2 Å². The van der Waals surface area contributed by atoms with Crippen LogP contribution in [0, 0.1) is 0 Å². The van der Waals surface area contributed by atoms with Crippen LogP contribution < -0.4 is 14.8 Å². The average molecular weight is 310 g/mol. The van der Waals surface area contributed by atoms with Crippen LogP contribution in [0.3, 0.4) is 0 Å². The highest BCUT2D eigenvalue weighted by molar-refractivity contribution is 6.32. The van der Waals surface area contributed by atoms with Crippen LogP contribution >= 0.6 is 11.6 Å². The van der Waals surface area contributed by atoms with Crippen LogP contribution in [0.5, 0.6) is 11.5 Å². The highest BCUT2D eigenvalue weighted by atomic mass is 35.5. The Kier molecular flexibility index (Phi) is 5.11. The maximum atomic E-state index is 11.9. The van der Waals surface area contributed by atoms with E-state index in [1.165, 1.54) is 6.26 Å². The molecule has 1 N–H and O–H groups in total. The summed E-state index contributed by atoms with van der Waals surface area (Å²) in [6, 6.07) is 6.50. The molecule has 0 radical (unpaired) electrons. The van der Waals surface area contributed by atoms with E-state index in [2.05, 4.69) is 5.32 Å². The molecule has 0 saturated heterocycles. The van der Waals surface area contributed by atoms with Crippen molar-refractivity contribution in [2.75, 3.05) is 18.5 Å². The Morgan fingerprint density at radius 3 is 2.67 bits per heavy atom. The first-order chi connectivity index (χ1) is 10.2. The molecular weight excluding hydrogens is 294 g/mol. The van der Waals surface area contributed by atoms with Gasteiger partial charge in [-0.15, -0.1) is 0 Å². The Bertz CT molecular complexity index is 610. The number of rotatable bonds is 6. The van der Waals surface area contributed by atoms with Crippen molar-refractivity contribution in [2.45, 2.75) is 13.8 Å². The van der Waals surface area contributed by atoms with E-state index in [1.54, 1.807) is 24.3 Å². The minimum absolute atomic E-state index is 0.220. The van der Waals surface area contributed by atoms with Crippen LogP contribution in [0.25, 0.3) is 0 Å². The van der Waals surface area contributed by atoms with Crippen LogP contribution in [0.4, 0.5) is 5.69 Å². The van der Waals surface area contributed by atoms with Gasteiger partial charge in [0.2, 0.25) is 0 Å². The number of amides is 1. The summed E-state index contributed by atoms with van der Waals surface area (Å²) in [5, 5.41) is 3.07. The van der Waals surface area contributed by atoms with Crippen molar-refractivity contribution in [1.29, 1.82) is 0 Å². The number of benzene rings is 1. The predicted octanol–water partition coefficient (Wildman–Crippen LogP) is 3.98. The largest absolute Gasteiger partial charge is 0.490 e. The third-order valence-electron chi connectivity index (χ3n) is 2.60. The first-order valence-corrected chi connectivity index (χ1v) is 6.97. The van der Waals surface area contributed by atoms with Crippen molar-refractivity contribution in [3.8, 4) is 11.5 Å². The van der Waals surface area contributed by atoms with E-state index in [9.17, 15) is 4.79 Å². The molecule has 112 valence electrons. The van der Waals surface area contributed by atoms with Crippen molar-refractivity contribution in [1.82, 2.24) is 0 Å². The summed E-state index contributed by atoms with van der Waals surface area (Å²) in [6.45, 7) is 4.65. The summed E-state index contributed by atoms with van der Waals surface area (Å²) >= 11 is 6.18. The zero-order valence-corrected chi connectivity index (χ0v) is 12.6. The predicted molar refractivity (Wildman–Crippen MR) is 80.5 cm³/mol. The molecule has 0 aliphatic heterocycles. The van der Waals surface area contributed by atoms with Crippen LogP contribution in [0.15, 0.2) is 34.9 Å². The van der Waals surface area contributed by atoms with Gasteiger partial charge in [0.05, 0.1) is 24.5 Å². The molecule has 0 unspecified atom stereocenters. The van der Waals surface area contributed by atoms with E-state index in [1.807, 2.05) is 13.8 Å². The lowest BCUT2D eigenvalue weighted by Gasteiger charge is -2.14. The standard InChI is InChI=1S/C15H16ClNO4/c1-3-19-13-9-10(8-11(16)14(13)20-4-2)17-15(18)12-6-5-7-21-12/h5-9H,3-4H2,1-2H3,(H,17,18). The van der Waals surface area contributed by atoms with Gasteiger partial charge in [0.1, 0.15) is 0 Å². The molecule has 0 fully saturated rings. The first-order valence-electron chi connectivity index (χ1n) is 6.59. The lowest BCUT2D eigenvalue weighted by molar-refractivity contribution is 0.0996. The summed E-state index contributed by atoms with van der Waals surface area (Å²) in [7, 11) is 0. The molecule has 0 atom stereocenters. The van der Waals surface area contributed by atoms with Gasteiger partial charge in [-0.05, 0) is 32.0 Å². The molecule has 1 aromatic heterocycles. The van der Waals surface area contributed by atoms with E-state index in [0.717, 1.165) is 0 Å². The summed E-state index contributed by atoms with van der Waals surface area (Å²) in [4.78, 5) is 11.9. The number of anilines is 1. The molecule has 1 heterocycles. The summed E-state index contributed by atoms with van der Waals surface area (Å²) in [6.07, 6.45) is 1.44. The number of nitrogens with one attached hydrogen (secondary N) is 1. The molecule has 1 aromatic carbocycles. The van der Waals surface area contributed by atoms with Gasteiger partial charge in [0.25, 0.3) is 5.91 Å². The number of carbonyl (C=O) groups is 1. The SMILES string of the molecule is CCOc1cc(NC(=O)c2ccco2)cc(Cl)c1OCC. The lowest BCUT2D eigenvalue weighted by atomic mass is 10.2. The third kappa shape index (κ3) is 3.70. The van der Waals surface area contributed by atoms with E-state index in [0.29, 0.717) is 35.4 Å². The van der Waals surface area contributed by atoms with E-state index >= 15 is 0 Å². The Labute approximate surface area is 127 Å². The molecule has 0 spiro atoms. The smallest absolute Gasteiger partial charge is 0.291 e. The normalized spacial score (nSPS) is 10.2. The highest BCUT2D eigenvalue weighted by Crippen LogP contribution is 2.38. The van der Waals surface area contributed by atoms with E-state index in [-0.39, 0.29) is 11.7 Å². The van der Waals surface area contributed by atoms with Crippen molar-refractivity contribution < 1.29 is 18.7 Å². The number of hydrogen-bond acceptors (Lipinski definition) is 4. The fourth-order valence-corrected chi connectivity index (χ4v) is 2.05. The highest BCUT2D eigenvalue weighted by Gasteiger charge is 2.15. The number of carbonyl (C=O) groups excluding carboxylic acids is 1. The molecule has 1 amide bonds. The zero-order valence-electron chi connectivity index (χ0n) is 11.8.